The quantitative estimate of drug-likeness (QED) is 0.234. The molecule has 0 aliphatic carbocycles. The number of benzene rings is 2. The van der Waals surface area contributed by atoms with Crippen molar-refractivity contribution in [2.45, 2.75) is 32.1 Å². The van der Waals surface area contributed by atoms with Crippen molar-refractivity contribution in [2.75, 3.05) is 6.61 Å². The standard InChI is InChI=1S/C32H25F2N5O4/c33-25-16-24(27-5-3-6-31(36-27)43-18-21-15-22-4-1-2-10-39(22)37-21)26(34)12-20(25)14-30-35-28-8-7-19(32(40)41)13-29(28)38(30)17-23-9-11-42-23/h1-8,10,12-13,15-16,23H,9,11,14,17-18H2,(H,40,41). The van der Waals surface area contributed by atoms with Crippen LogP contribution in [0.15, 0.2) is 79.0 Å². The number of ether oxygens (including phenoxy) is 2. The van der Waals surface area contributed by atoms with Crippen LogP contribution in [0.5, 0.6) is 5.88 Å². The minimum absolute atomic E-state index is 0.00176. The van der Waals surface area contributed by atoms with Gasteiger partial charge in [-0.15, -0.1) is 0 Å². The second-order valence-electron chi connectivity index (χ2n) is 10.4. The van der Waals surface area contributed by atoms with Crippen molar-refractivity contribution in [2.24, 2.45) is 0 Å². The van der Waals surface area contributed by atoms with Gasteiger partial charge in [0.05, 0.1) is 40.5 Å². The Hall–Kier alpha value is -5.16. The molecule has 1 fully saturated rings. The second kappa shape index (κ2) is 10.9. The van der Waals surface area contributed by atoms with E-state index in [1.165, 1.54) is 6.07 Å². The summed E-state index contributed by atoms with van der Waals surface area (Å²) in [6.07, 6.45) is 2.64. The molecule has 1 atom stereocenters. The lowest BCUT2D eigenvalue weighted by molar-refractivity contribution is -0.0589. The molecule has 1 unspecified atom stereocenters. The molecule has 1 aliphatic rings. The van der Waals surface area contributed by atoms with Crippen LogP contribution < -0.4 is 4.74 Å². The molecule has 0 bridgehead atoms. The van der Waals surface area contributed by atoms with E-state index in [9.17, 15) is 9.90 Å². The molecule has 1 aliphatic heterocycles. The summed E-state index contributed by atoms with van der Waals surface area (Å²) in [5, 5.41) is 13.9. The molecule has 0 spiro atoms. The molecule has 2 aromatic carbocycles. The molecule has 6 aromatic rings. The fourth-order valence-electron chi connectivity index (χ4n) is 5.22. The van der Waals surface area contributed by atoms with Gasteiger partial charge in [0.15, 0.2) is 0 Å². The Morgan fingerprint density at radius 1 is 1.02 bits per heavy atom. The number of hydrogen-bond acceptors (Lipinski definition) is 6. The Kier molecular flexibility index (Phi) is 6.78. The zero-order valence-electron chi connectivity index (χ0n) is 22.8. The van der Waals surface area contributed by atoms with Gasteiger partial charge in [0, 0.05) is 30.9 Å². The number of fused-ring (bicyclic) bond motifs is 2. The summed E-state index contributed by atoms with van der Waals surface area (Å²) >= 11 is 0. The molecule has 11 heteroatoms. The summed E-state index contributed by atoms with van der Waals surface area (Å²) in [4.78, 5) is 20.6. The number of aromatic nitrogens is 5. The lowest BCUT2D eigenvalue weighted by atomic mass is 10.0. The Bertz CT molecular complexity index is 1970. The van der Waals surface area contributed by atoms with E-state index in [1.54, 1.807) is 34.8 Å². The first kappa shape index (κ1) is 26.7. The summed E-state index contributed by atoms with van der Waals surface area (Å²) < 4.78 is 45.9. The topological polar surface area (TPSA) is 104 Å². The average Bonchev–Trinajstić information content (AvgIpc) is 3.55. The number of carboxylic acids is 1. The number of nitrogens with zero attached hydrogens (tertiary/aromatic N) is 5. The number of hydrogen-bond donors (Lipinski definition) is 1. The average molecular weight is 582 g/mol. The van der Waals surface area contributed by atoms with E-state index in [4.69, 9.17) is 9.47 Å². The Morgan fingerprint density at radius 3 is 2.70 bits per heavy atom. The summed E-state index contributed by atoms with van der Waals surface area (Å²) in [5.74, 6) is -1.57. The third-order valence-corrected chi connectivity index (χ3v) is 7.53. The van der Waals surface area contributed by atoms with Crippen LogP contribution in [-0.4, -0.2) is 47.9 Å². The van der Waals surface area contributed by atoms with Gasteiger partial charge in [-0.25, -0.2) is 28.1 Å². The maximum Gasteiger partial charge on any atom is 0.335 e. The second-order valence-corrected chi connectivity index (χ2v) is 10.4. The number of carboxylic acid groups (broad SMARTS) is 1. The van der Waals surface area contributed by atoms with Gasteiger partial charge in [-0.2, -0.15) is 5.10 Å². The molecule has 0 radical (unpaired) electrons. The number of aromatic carboxylic acids is 1. The van der Waals surface area contributed by atoms with Crippen LogP contribution in [0.2, 0.25) is 0 Å². The number of carbonyl (C=O) groups is 1. The predicted molar refractivity (Wildman–Crippen MR) is 153 cm³/mol. The summed E-state index contributed by atoms with van der Waals surface area (Å²) in [7, 11) is 0. The fraction of sp³-hybridized carbons (Fsp3) is 0.188. The van der Waals surface area contributed by atoms with Gasteiger partial charge < -0.3 is 19.1 Å². The number of pyridine rings is 2. The van der Waals surface area contributed by atoms with E-state index in [2.05, 4.69) is 15.1 Å². The van der Waals surface area contributed by atoms with Crippen molar-refractivity contribution in [1.82, 2.24) is 24.1 Å². The van der Waals surface area contributed by atoms with Crippen LogP contribution in [0.25, 0.3) is 27.8 Å². The van der Waals surface area contributed by atoms with Gasteiger partial charge in [-0.3, -0.25) is 0 Å². The summed E-state index contributed by atoms with van der Waals surface area (Å²) in [6.45, 7) is 1.24. The fourth-order valence-corrected chi connectivity index (χ4v) is 5.22. The first-order valence-electron chi connectivity index (χ1n) is 13.8. The zero-order chi connectivity index (χ0) is 29.5. The molecule has 4 aromatic heterocycles. The molecule has 7 rings (SSSR count). The molecule has 1 N–H and O–H groups in total. The highest BCUT2D eigenvalue weighted by Crippen LogP contribution is 2.29. The highest BCUT2D eigenvalue weighted by atomic mass is 19.1. The van der Waals surface area contributed by atoms with E-state index in [0.717, 1.165) is 24.1 Å². The molecular formula is C32H25F2N5O4. The highest BCUT2D eigenvalue weighted by molar-refractivity contribution is 5.92. The van der Waals surface area contributed by atoms with Gasteiger partial charge in [-0.05, 0) is 66.6 Å². The van der Waals surface area contributed by atoms with E-state index in [-0.39, 0.29) is 47.4 Å². The van der Waals surface area contributed by atoms with E-state index < -0.39 is 17.6 Å². The third kappa shape index (κ3) is 5.30. The van der Waals surface area contributed by atoms with Gasteiger partial charge in [0.1, 0.15) is 29.8 Å². The number of imidazole rings is 1. The highest BCUT2D eigenvalue weighted by Gasteiger charge is 2.23. The van der Waals surface area contributed by atoms with Crippen molar-refractivity contribution < 1.29 is 28.2 Å². The minimum atomic E-state index is -1.06. The third-order valence-electron chi connectivity index (χ3n) is 7.53. The van der Waals surface area contributed by atoms with E-state index in [0.29, 0.717) is 35.7 Å². The lowest BCUT2D eigenvalue weighted by Crippen LogP contribution is -2.31. The molecule has 9 nitrogen and oxygen atoms in total. The molecule has 0 saturated carbocycles. The monoisotopic (exact) mass is 581 g/mol. The van der Waals surface area contributed by atoms with Crippen molar-refractivity contribution in [3.05, 3.63) is 113 Å². The van der Waals surface area contributed by atoms with Crippen molar-refractivity contribution in [1.29, 1.82) is 0 Å². The van der Waals surface area contributed by atoms with Gasteiger partial charge in [0.25, 0.3) is 0 Å². The Labute approximate surface area is 244 Å². The van der Waals surface area contributed by atoms with Gasteiger partial charge >= 0.3 is 5.97 Å². The molecule has 0 amide bonds. The van der Waals surface area contributed by atoms with E-state index >= 15 is 8.78 Å². The zero-order valence-corrected chi connectivity index (χ0v) is 22.8. The lowest BCUT2D eigenvalue weighted by Gasteiger charge is -2.27. The maximum atomic E-state index is 15.5. The Morgan fingerprint density at radius 2 is 1.91 bits per heavy atom. The minimum Gasteiger partial charge on any atom is -0.478 e. The van der Waals surface area contributed by atoms with E-state index in [1.807, 2.05) is 35.0 Å². The van der Waals surface area contributed by atoms with Crippen molar-refractivity contribution in [3.63, 3.8) is 0 Å². The number of rotatable bonds is 9. The van der Waals surface area contributed by atoms with Crippen LogP contribution in [0.3, 0.4) is 0 Å². The smallest absolute Gasteiger partial charge is 0.335 e. The molecular weight excluding hydrogens is 556 g/mol. The SMILES string of the molecule is O=C(O)c1ccc2nc(Cc3cc(F)c(-c4cccc(OCc5cc6ccccn6n5)n4)cc3F)n(CC3CCO3)c2c1. The van der Waals surface area contributed by atoms with Crippen molar-refractivity contribution >= 4 is 22.5 Å². The molecule has 216 valence electrons. The molecule has 1 saturated heterocycles. The molecule has 43 heavy (non-hydrogen) atoms. The van der Waals surface area contributed by atoms with Gasteiger partial charge in [0.2, 0.25) is 5.88 Å². The maximum absolute atomic E-state index is 15.5. The first-order valence-corrected chi connectivity index (χ1v) is 13.8. The summed E-state index contributed by atoms with van der Waals surface area (Å²) in [5.41, 5.74) is 3.27. The predicted octanol–water partition coefficient (Wildman–Crippen LogP) is 5.68. The van der Waals surface area contributed by atoms with Crippen LogP contribution >= 0.6 is 0 Å². The normalized spacial score (nSPS) is 14.7. The largest absolute Gasteiger partial charge is 0.478 e. The van der Waals surface area contributed by atoms with Crippen LogP contribution in [-0.2, 0) is 24.3 Å². The first-order chi connectivity index (χ1) is 20.9. The Balaban J connectivity index is 1.15. The van der Waals surface area contributed by atoms with Crippen molar-refractivity contribution in [3.8, 4) is 17.1 Å². The number of halogens is 2. The van der Waals surface area contributed by atoms with Gasteiger partial charge in [-0.1, -0.05) is 12.1 Å². The van der Waals surface area contributed by atoms with Crippen LogP contribution in [0, 0.1) is 11.6 Å². The van der Waals surface area contributed by atoms with Crippen LogP contribution in [0.1, 0.15) is 33.9 Å². The summed E-state index contributed by atoms with van der Waals surface area (Å²) in [6, 6.07) is 19.5. The van der Waals surface area contributed by atoms with Crippen LogP contribution in [0.4, 0.5) is 8.78 Å². The molecule has 5 heterocycles.